The van der Waals surface area contributed by atoms with Crippen molar-refractivity contribution in [2.45, 2.75) is 64.0 Å². The van der Waals surface area contributed by atoms with Gasteiger partial charge in [-0.25, -0.2) is 0 Å². The molecule has 1 N–H and O–H groups in total. The molecule has 1 atom stereocenters. The minimum absolute atomic E-state index is 0.0448. The molecule has 6 heteroatoms. The molecule has 0 saturated carbocycles. The highest BCUT2D eigenvalue weighted by molar-refractivity contribution is 5.95. The van der Waals surface area contributed by atoms with Crippen molar-refractivity contribution in [1.82, 2.24) is 15.1 Å². The number of nitrogens with zero attached hydrogens (tertiary/aromatic N) is 2. The van der Waals surface area contributed by atoms with E-state index in [1.807, 2.05) is 12.1 Å². The molecule has 1 aliphatic carbocycles. The number of allylic oxidation sites excluding steroid dienone is 1. The Morgan fingerprint density at radius 3 is 2.67 bits per heavy atom. The van der Waals surface area contributed by atoms with Crippen LogP contribution in [0.1, 0.15) is 67.3 Å². The second kappa shape index (κ2) is 9.45. The second-order valence-electron chi connectivity index (χ2n) is 8.60. The van der Waals surface area contributed by atoms with Gasteiger partial charge in [0.25, 0.3) is 5.91 Å². The Labute approximate surface area is 178 Å². The maximum Gasteiger partial charge on any atom is 0.251 e. The number of carbonyl (C=O) groups is 3. The van der Waals surface area contributed by atoms with Crippen LogP contribution in [-0.4, -0.2) is 53.2 Å². The second-order valence-corrected chi connectivity index (χ2v) is 8.60. The van der Waals surface area contributed by atoms with Crippen LogP contribution in [0.15, 0.2) is 35.9 Å². The fraction of sp³-hybridized carbons (Fsp3) is 0.542. The van der Waals surface area contributed by atoms with E-state index in [2.05, 4.69) is 11.4 Å². The average molecular weight is 410 g/mol. The van der Waals surface area contributed by atoms with Gasteiger partial charge in [-0.1, -0.05) is 23.8 Å². The number of hydrogen-bond donors (Lipinski definition) is 1. The van der Waals surface area contributed by atoms with Crippen LogP contribution in [0.2, 0.25) is 0 Å². The van der Waals surface area contributed by atoms with Crippen LogP contribution in [0.25, 0.3) is 0 Å². The van der Waals surface area contributed by atoms with E-state index in [0.717, 1.165) is 44.1 Å². The summed E-state index contributed by atoms with van der Waals surface area (Å²) < 4.78 is 0. The fourth-order valence-electron chi connectivity index (χ4n) is 4.72. The molecule has 2 aliphatic heterocycles. The minimum atomic E-state index is -0.288. The van der Waals surface area contributed by atoms with Gasteiger partial charge in [-0.3, -0.25) is 14.4 Å². The first-order chi connectivity index (χ1) is 14.6. The van der Waals surface area contributed by atoms with Gasteiger partial charge >= 0.3 is 0 Å². The van der Waals surface area contributed by atoms with Gasteiger partial charge in [-0.15, -0.1) is 0 Å². The van der Waals surface area contributed by atoms with E-state index in [4.69, 9.17) is 0 Å². The predicted molar refractivity (Wildman–Crippen MR) is 115 cm³/mol. The quantitative estimate of drug-likeness (QED) is 0.735. The Balaban J connectivity index is 1.30. The lowest BCUT2D eigenvalue weighted by molar-refractivity contribution is -0.158. The van der Waals surface area contributed by atoms with E-state index in [1.165, 1.54) is 18.4 Å². The molecule has 30 heavy (non-hydrogen) atoms. The number of carbonyl (C=O) groups excluding carboxylic acids is 3. The molecule has 2 fully saturated rings. The van der Waals surface area contributed by atoms with Crippen molar-refractivity contribution in [2.24, 2.45) is 0 Å². The summed E-state index contributed by atoms with van der Waals surface area (Å²) in [5.74, 6) is 0.0246. The van der Waals surface area contributed by atoms with Gasteiger partial charge < -0.3 is 15.1 Å². The lowest BCUT2D eigenvalue weighted by Gasteiger charge is -2.42. The van der Waals surface area contributed by atoms with Gasteiger partial charge in [0.05, 0.1) is 0 Å². The Bertz CT molecular complexity index is 831. The monoisotopic (exact) mass is 409 g/mol. The first kappa shape index (κ1) is 20.6. The number of hydrogen-bond acceptors (Lipinski definition) is 3. The Morgan fingerprint density at radius 2 is 1.90 bits per heavy atom. The summed E-state index contributed by atoms with van der Waals surface area (Å²) in [5.41, 5.74) is 3.01. The Morgan fingerprint density at radius 1 is 1.07 bits per heavy atom. The summed E-state index contributed by atoms with van der Waals surface area (Å²) in [7, 11) is 0. The van der Waals surface area contributed by atoms with Crippen molar-refractivity contribution in [3.05, 3.63) is 47.0 Å². The van der Waals surface area contributed by atoms with Gasteiger partial charge in [0.1, 0.15) is 12.6 Å². The van der Waals surface area contributed by atoms with Gasteiger partial charge in [0.2, 0.25) is 11.8 Å². The standard InChI is InChI=1S/C24H31N3O3/c28-22-17-26(24(30)21-8-4-5-15-27(21)22)16-19-9-11-20(12-10-19)23(29)25-14-13-18-6-2-1-3-7-18/h6,9-12,21H,1-5,7-8,13-17H2,(H,25,29)/t21-/m0/s1. The summed E-state index contributed by atoms with van der Waals surface area (Å²) in [4.78, 5) is 41.0. The van der Waals surface area contributed by atoms with E-state index in [1.54, 1.807) is 21.9 Å². The normalized spacial score (nSPS) is 21.9. The highest BCUT2D eigenvalue weighted by Gasteiger charge is 2.40. The van der Waals surface area contributed by atoms with Gasteiger partial charge in [-0.2, -0.15) is 0 Å². The summed E-state index contributed by atoms with van der Waals surface area (Å²) in [6, 6.07) is 7.07. The highest BCUT2D eigenvalue weighted by Crippen LogP contribution is 2.24. The first-order valence-electron chi connectivity index (χ1n) is 11.2. The number of piperazine rings is 1. The topological polar surface area (TPSA) is 69.7 Å². The maximum absolute atomic E-state index is 12.8. The Hall–Kier alpha value is -2.63. The summed E-state index contributed by atoms with van der Waals surface area (Å²) in [6.07, 6.45) is 10.8. The fourth-order valence-corrected chi connectivity index (χ4v) is 4.72. The van der Waals surface area contributed by atoms with Crippen molar-refractivity contribution in [1.29, 1.82) is 0 Å². The van der Waals surface area contributed by atoms with Crippen LogP contribution in [0.4, 0.5) is 0 Å². The van der Waals surface area contributed by atoms with E-state index >= 15 is 0 Å². The zero-order valence-corrected chi connectivity index (χ0v) is 17.6. The maximum atomic E-state index is 12.8. The van der Waals surface area contributed by atoms with Crippen molar-refractivity contribution < 1.29 is 14.4 Å². The average Bonchev–Trinajstić information content (AvgIpc) is 2.78. The van der Waals surface area contributed by atoms with Crippen LogP contribution in [-0.2, 0) is 16.1 Å². The molecule has 0 unspecified atom stereocenters. The molecule has 4 rings (SSSR count). The molecule has 3 amide bonds. The molecule has 160 valence electrons. The summed E-state index contributed by atoms with van der Waals surface area (Å²) >= 11 is 0. The number of piperidine rings is 1. The molecule has 2 heterocycles. The smallest absolute Gasteiger partial charge is 0.251 e. The molecule has 6 nitrogen and oxygen atoms in total. The van der Waals surface area contributed by atoms with Gasteiger partial charge in [-0.05, 0) is 69.1 Å². The van der Waals surface area contributed by atoms with Crippen LogP contribution in [0.3, 0.4) is 0 Å². The molecule has 0 aromatic heterocycles. The zero-order valence-electron chi connectivity index (χ0n) is 17.6. The van der Waals surface area contributed by atoms with E-state index in [-0.39, 0.29) is 30.3 Å². The molecular formula is C24H31N3O3. The number of amides is 3. The molecule has 0 bridgehead atoms. The van der Waals surface area contributed by atoms with Gasteiger partial charge in [0.15, 0.2) is 0 Å². The summed E-state index contributed by atoms with van der Waals surface area (Å²) in [6.45, 7) is 1.91. The lowest BCUT2D eigenvalue weighted by atomic mass is 9.97. The van der Waals surface area contributed by atoms with Crippen molar-refractivity contribution in [3.63, 3.8) is 0 Å². The third-order valence-electron chi connectivity index (χ3n) is 6.45. The largest absolute Gasteiger partial charge is 0.352 e. The van der Waals surface area contributed by atoms with Crippen molar-refractivity contribution in [2.75, 3.05) is 19.6 Å². The van der Waals surface area contributed by atoms with Crippen LogP contribution < -0.4 is 5.32 Å². The Kier molecular flexibility index (Phi) is 6.50. The number of rotatable bonds is 6. The third kappa shape index (κ3) is 4.74. The molecule has 2 saturated heterocycles. The van der Waals surface area contributed by atoms with E-state index in [0.29, 0.717) is 25.2 Å². The first-order valence-corrected chi connectivity index (χ1v) is 11.2. The lowest BCUT2D eigenvalue weighted by Crippen LogP contribution is -2.60. The van der Waals surface area contributed by atoms with E-state index in [9.17, 15) is 14.4 Å². The number of benzene rings is 1. The number of fused-ring (bicyclic) bond motifs is 1. The molecule has 1 aromatic carbocycles. The minimum Gasteiger partial charge on any atom is -0.352 e. The zero-order chi connectivity index (χ0) is 20.9. The molecule has 0 radical (unpaired) electrons. The van der Waals surface area contributed by atoms with Crippen LogP contribution in [0, 0.1) is 0 Å². The van der Waals surface area contributed by atoms with Crippen molar-refractivity contribution in [3.8, 4) is 0 Å². The van der Waals surface area contributed by atoms with Gasteiger partial charge in [0, 0.05) is 25.2 Å². The third-order valence-corrected chi connectivity index (χ3v) is 6.45. The number of nitrogens with one attached hydrogen (secondary N) is 1. The molecule has 3 aliphatic rings. The molecule has 1 aromatic rings. The molecule has 0 spiro atoms. The van der Waals surface area contributed by atoms with Crippen molar-refractivity contribution >= 4 is 17.7 Å². The molecular weight excluding hydrogens is 378 g/mol. The van der Waals surface area contributed by atoms with E-state index < -0.39 is 0 Å². The highest BCUT2D eigenvalue weighted by atomic mass is 16.2. The van der Waals surface area contributed by atoms with Crippen LogP contribution >= 0.6 is 0 Å². The summed E-state index contributed by atoms with van der Waals surface area (Å²) in [5, 5.41) is 3.00. The predicted octanol–water partition coefficient (Wildman–Crippen LogP) is 3.03. The SMILES string of the molecule is O=C(NCCC1=CCCCC1)c1ccc(CN2CC(=O)N3CCCC[C@H]3C2=O)cc1. The van der Waals surface area contributed by atoms with Crippen LogP contribution in [0.5, 0.6) is 0 Å².